The second-order valence-electron chi connectivity index (χ2n) is 6.65. The first-order chi connectivity index (χ1) is 12.0. The van der Waals surface area contributed by atoms with Gasteiger partial charge in [0.1, 0.15) is 0 Å². The molecule has 3 aromatic rings. The van der Waals surface area contributed by atoms with Crippen molar-refractivity contribution >= 4 is 11.6 Å². The van der Waals surface area contributed by atoms with Gasteiger partial charge in [-0.3, -0.25) is 0 Å². The van der Waals surface area contributed by atoms with E-state index in [0.717, 1.165) is 29.1 Å². The van der Waals surface area contributed by atoms with Crippen LogP contribution in [0.3, 0.4) is 0 Å². The molecule has 0 atom stereocenters. The first-order valence-electron chi connectivity index (χ1n) is 8.96. The molecule has 0 spiro atoms. The molecular formula is C22H25ClN2. The van der Waals surface area contributed by atoms with Crippen LogP contribution in [0.4, 0.5) is 0 Å². The lowest BCUT2D eigenvalue weighted by atomic mass is 9.90. The lowest BCUT2D eigenvalue weighted by molar-refractivity contribution is 0.634. The van der Waals surface area contributed by atoms with Crippen LogP contribution in [-0.2, 0) is 0 Å². The molecule has 0 bridgehead atoms. The molecule has 0 amide bonds. The summed E-state index contributed by atoms with van der Waals surface area (Å²) in [5.74, 6) is 0.542. The Bertz CT molecular complexity index is 875. The first kappa shape index (κ1) is 17.8. The van der Waals surface area contributed by atoms with Crippen molar-refractivity contribution in [2.24, 2.45) is 0 Å². The van der Waals surface area contributed by atoms with Gasteiger partial charge in [0.25, 0.3) is 0 Å². The third-order valence-corrected chi connectivity index (χ3v) is 5.34. The molecule has 0 saturated heterocycles. The molecular weight excluding hydrogens is 328 g/mol. The Kier molecular flexibility index (Phi) is 5.29. The fraction of sp³-hybridized carbons (Fsp3) is 0.318. The van der Waals surface area contributed by atoms with Gasteiger partial charge in [0, 0.05) is 11.2 Å². The molecule has 0 radical (unpaired) electrons. The fourth-order valence-corrected chi connectivity index (χ4v) is 3.49. The zero-order chi connectivity index (χ0) is 18.0. The second kappa shape index (κ2) is 7.45. The Morgan fingerprint density at radius 1 is 0.960 bits per heavy atom. The number of benzene rings is 2. The summed E-state index contributed by atoms with van der Waals surface area (Å²) >= 11 is 6.19. The maximum absolute atomic E-state index is 6.19. The van der Waals surface area contributed by atoms with Crippen LogP contribution < -0.4 is 0 Å². The molecule has 0 N–H and O–H groups in total. The number of hydrogen-bond donors (Lipinski definition) is 0. The van der Waals surface area contributed by atoms with Gasteiger partial charge in [-0.25, -0.2) is 4.68 Å². The molecule has 0 aliphatic heterocycles. The SMILES string of the molecule is CCC(CC)c1ccc(-c2ccc(Cl)c(C)c2)cc1-n1ccc(C)n1. The average molecular weight is 353 g/mol. The van der Waals surface area contributed by atoms with E-state index in [2.05, 4.69) is 55.3 Å². The van der Waals surface area contributed by atoms with Gasteiger partial charge in [0.2, 0.25) is 0 Å². The van der Waals surface area contributed by atoms with Crippen molar-refractivity contribution in [3.8, 4) is 16.8 Å². The van der Waals surface area contributed by atoms with Crippen LogP contribution >= 0.6 is 11.6 Å². The Morgan fingerprint density at radius 3 is 2.24 bits per heavy atom. The zero-order valence-electron chi connectivity index (χ0n) is 15.4. The minimum absolute atomic E-state index is 0.542. The van der Waals surface area contributed by atoms with E-state index in [9.17, 15) is 0 Å². The third-order valence-electron chi connectivity index (χ3n) is 4.92. The van der Waals surface area contributed by atoms with Gasteiger partial charge < -0.3 is 0 Å². The summed E-state index contributed by atoms with van der Waals surface area (Å²) in [7, 11) is 0. The van der Waals surface area contributed by atoms with Crippen molar-refractivity contribution < 1.29 is 0 Å². The van der Waals surface area contributed by atoms with Gasteiger partial charge in [-0.05, 0) is 79.1 Å². The molecule has 0 aliphatic rings. The fourth-order valence-electron chi connectivity index (χ4n) is 3.37. The van der Waals surface area contributed by atoms with Crippen LogP contribution in [0, 0.1) is 13.8 Å². The summed E-state index contributed by atoms with van der Waals surface area (Å²) in [6.45, 7) is 8.58. The molecule has 0 fully saturated rings. The predicted molar refractivity (Wildman–Crippen MR) is 107 cm³/mol. The standard InChI is InChI=1S/C22H25ClN2/c1-5-17(6-2)20-9-7-19(18-8-10-21(23)15(3)13-18)14-22(20)25-12-11-16(4)24-25/h7-14,17H,5-6H2,1-4H3. The van der Waals surface area contributed by atoms with Gasteiger partial charge in [-0.2, -0.15) is 5.10 Å². The highest BCUT2D eigenvalue weighted by molar-refractivity contribution is 6.31. The number of rotatable bonds is 5. The normalized spacial score (nSPS) is 11.3. The first-order valence-corrected chi connectivity index (χ1v) is 9.34. The Morgan fingerprint density at radius 2 is 1.64 bits per heavy atom. The van der Waals surface area contributed by atoms with Crippen molar-refractivity contribution in [1.82, 2.24) is 9.78 Å². The van der Waals surface area contributed by atoms with Crippen LogP contribution in [0.15, 0.2) is 48.7 Å². The molecule has 0 unspecified atom stereocenters. The Labute approximate surface area is 155 Å². The summed E-state index contributed by atoms with van der Waals surface area (Å²) in [6, 6.07) is 15.0. The number of aryl methyl sites for hydroxylation is 2. The van der Waals surface area contributed by atoms with Crippen LogP contribution in [0.5, 0.6) is 0 Å². The maximum atomic E-state index is 6.19. The number of nitrogens with zero attached hydrogens (tertiary/aromatic N) is 2. The van der Waals surface area contributed by atoms with Crippen LogP contribution in [0.25, 0.3) is 16.8 Å². The molecule has 3 heteroatoms. The van der Waals surface area contributed by atoms with E-state index in [1.54, 1.807) is 0 Å². The van der Waals surface area contributed by atoms with Crippen LogP contribution in [0.2, 0.25) is 5.02 Å². The van der Waals surface area contributed by atoms with Gasteiger partial charge in [0.05, 0.1) is 11.4 Å². The van der Waals surface area contributed by atoms with E-state index >= 15 is 0 Å². The Hall–Kier alpha value is -2.06. The summed E-state index contributed by atoms with van der Waals surface area (Å²) < 4.78 is 2.01. The van der Waals surface area contributed by atoms with Crippen LogP contribution in [0.1, 0.15) is 49.4 Å². The lowest BCUT2D eigenvalue weighted by Crippen LogP contribution is -2.05. The largest absolute Gasteiger partial charge is 0.240 e. The Balaban J connectivity index is 2.15. The van der Waals surface area contributed by atoms with Crippen molar-refractivity contribution in [3.63, 3.8) is 0 Å². The quantitative estimate of drug-likeness (QED) is 0.498. The number of aromatic nitrogens is 2. The maximum Gasteiger partial charge on any atom is 0.0686 e. The highest BCUT2D eigenvalue weighted by Crippen LogP contribution is 2.33. The highest BCUT2D eigenvalue weighted by Gasteiger charge is 2.15. The minimum atomic E-state index is 0.542. The van der Waals surface area contributed by atoms with Gasteiger partial charge >= 0.3 is 0 Å². The predicted octanol–water partition coefficient (Wildman–Crippen LogP) is 6.71. The van der Waals surface area contributed by atoms with E-state index < -0.39 is 0 Å². The molecule has 2 nitrogen and oxygen atoms in total. The second-order valence-corrected chi connectivity index (χ2v) is 7.06. The molecule has 1 heterocycles. The molecule has 0 aliphatic carbocycles. The van der Waals surface area contributed by atoms with E-state index in [1.807, 2.05) is 30.8 Å². The topological polar surface area (TPSA) is 17.8 Å². The average Bonchev–Trinajstić information content (AvgIpc) is 3.05. The van der Waals surface area contributed by atoms with Gasteiger partial charge in [-0.15, -0.1) is 0 Å². The number of halogens is 1. The van der Waals surface area contributed by atoms with E-state index in [4.69, 9.17) is 11.6 Å². The molecule has 1 aromatic heterocycles. The zero-order valence-corrected chi connectivity index (χ0v) is 16.1. The van der Waals surface area contributed by atoms with Gasteiger partial charge in [0.15, 0.2) is 0 Å². The monoisotopic (exact) mass is 352 g/mol. The van der Waals surface area contributed by atoms with E-state index in [-0.39, 0.29) is 0 Å². The van der Waals surface area contributed by atoms with E-state index in [0.29, 0.717) is 5.92 Å². The van der Waals surface area contributed by atoms with Crippen molar-refractivity contribution in [2.75, 3.05) is 0 Å². The van der Waals surface area contributed by atoms with Crippen molar-refractivity contribution in [2.45, 2.75) is 46.5 Å². The molecule has 130 valence electrons. The summed E-state index contributed by atoms with van der Waals surface area (Å²) in [5, 5.41) is 5.46. The highest BCUT2D eigenvalue weighted by atomic mass is 35.5. The smallest absolute Gasteiger partial charge is 0.0686 e. The van der Waals surface area contributed by atoms with Crippen molar-refractivity contribution in [1.29, 1.82) is 0 Å². The summed E-state index contributed by atoms with van der Waals surface area (Å²) in [5.41, 5.74) is 7.04. The third kappa shape index (κ3) is 3.64. The number of hydrogen-bond acceptors (Lipinski definition) is 1. The van der Waals surface area contributed by atoms with E-state index in [1.165, 1.54) is 22.4 Å². The summed E-state index contributed by atoms with van der Waals surface area (Å²) in [4.78, 5) is 0. The molecule has 25 heavy (non-hydrogen) atoms. The summed E-state index contributed by atoms with van der Waals surface area (Å²) in [6.07, 6.45) is 4.31. The lowest BCUT2D eigenvalue weighted by Gasteiger charge is -2.19. The molecule has 2 aromatic carbocycles. The van der Waals surface area contributed by atoms with Crippen molar-refractivity contribution in [3.05, 3.63) is 70.5 Å². The van der Waals surface area contributed by atoms with Crippen LogP contribution in [-0.4, -0.2) is 9.78 Å². The minimum Gasteiger partial charge on any atom is -0.240 e. The molecule has 0 saturated carbocycles. The van der Waals surface area contributed by atoms with Gasteiger partial charge in [-0.1, -0.05) is 43.6 Å². The molecule has 3 rings (SSSR count).